The van der Waals surface area contributed by atoms with E-state index < -0.39 is 5.97 Å². The zero-order valence-corrected chi connectivity index (χ0v) is 11.8. The molecule has 3 N–H and O–H groups in total. The fourth-order valence-corrected chi connectivity index (χ4v) is 1.74. The van der Waals surface area contributed by atoms with E-state index >= 15 is 0 Å². The number of nitrogens with zero attached hydrogens (tertiary/aromatic N) is 1. The Balaban J connectivity index is 2.14. The molecule has 1 amide bonds. The second-order valence-corrected chi connectivity index (χ2v) is 4.66. The number of carbonyl (C=O) groups excluding carboxylic acids is 1. The number of carboxylic acids is 1. The van der Waals surface area contributed by atoms with Crippen LogP contribution in [-0.4, -0.2) is 28.3 Å². The highest BCUT2D eigenvalue weighted by Crippen LogP contribution is 2.12. The Morgan fingerprint density at radius 1 is 1.10 bits per heavy atom. The van der Waals surface area contributed by atoms with E-state index in [4.69, 9.17) is 5.11 Å². The molecule has 21 heavy (non-hydrogen) atoms. The zero-order chi connectivity index (χ0) is 15.5. The molecular formula is C15H20N2O4. The number of hydrazone groups is 1. The average molecular weight is 292 g/mol. The molecule has 6 nitrogen and oxygen atoms in total. The van der Waals surface area contributed by atoms with E-state index in [0.29, 0.717) is 24.8 Å². The zero-order valence-electron chi connectivity index (χ0n) is 11.8. The maximum atomic E-state index is 11.5. The van der Waals surface area contributed by atoms with Gasteiger partial charge in [-0.05, 0) is 25.0 Å². The SMILES string of the molecule is O=C(O)CCCCCCC(=O)N/N=C/c1ccccc1O. The van der Waals surface area contributed by atoms with Crippen LogP contribution in [0.5, 0.6) is 5.75 Å². The summed E-state index contributed by atoms with van der Waals surface area (Å²) in [6, 6.07) is 6.70. The van der Waals surface area contributed by atoms with Crippen LogP contribution >= 0.6 is 0 Å². The second kappa shape index (κ2) is 9.52. The highest BCUT2D eigenvalue weighted by molar-refractivity contribution is 5.84. The number of aliphatic carboxylic acids is 1. The van der Waals surface area contributed by atoms with E-state index in [0.717, 1.165) is 12.8 Å². The largest absolute Gasteiger partial charge is 0.507 e. The van der Waals surface area contributed by atoms with E-state index in [9.17, 15) is 14.7 Å². The minimum atomic E-state index is -0.786. The van der Waals surface area contributed by atoms with Crippen molar-refractivity contribution in [2.24, 2.45) is 5.10 Å². The Labute approximate surface area is 123 Å². The number of unbranched alkanes of at least 4 members (excludes halogenated alkanes) is 3. The number of nitrogens with one attached hydrogen (secondary N) is 1. The molecule has 0 radical (unpaired) electrons. The predicted molar refractivity (Wildman–Crippen MR) is 79.2 cm³/mol. The number of carbonyl (C=O) groups is 2. The molecule has 0 aliphatic rings. The van der Waals surface area contributed by atoms with Gasteiger partial charge >= 0.3 is 5.97 Å². The fourth-order valence-electron chi connectivity index (χ4n) is 1.74. The molecule has 0 aliphatic carbocycles. The maximum absolute atomic E-state index is 11.5. The molecule has 0 heterocycles. The molecule has 0 spiro atoms. The number of phenols is 1. The van der Waals surface area contributed by atoms with Gasteiger partial charge in [0.2, 0.25) is 5.91 Å². The first-order chi connectivity index (χ1) is 10.1. The fraction of sp³-hybridized carbons (Fsp3) is 0.400. The van der Waals surface area contributed by atoms with Crippen LogP contribution in [0.1, 0.15) is 44.1 Å². The number of para-hydroxylation sites is 1. The van der Waals surface area contributed by atoms with Crippen LogP contribution in [0, 0.1) is 0 Å². The van der Waals surface area contributed by atoms with Gasteiger partial charge in [-0.2, -0.15) is 5.10 Å². The van der Waals surface area contributed by atoms with Gasteiger partial charge in [0.25, 0.3) is 0 Å². The Hall–Kier alpha value is -2.37. The van der Waals surface area contributed by atoms with Gasteiger partial charge in [-0.25, -0.2) is 5.43 Å². The predicted octanol–water partition coefficient (Wildman–Crippen LogP) is 2.27. The summed E-state index contributed by atoms with van der Waals surface area (Å²) in [5.41, 5.74) is 2.93. The van der Waals surface area contributed by atoms with Gasteiger partial charge in [0, 0.05) is 18.4 Å². The molecule has 6 heteroatoms. The van der Waals surface area contributed by atoms with Crippen molar-refractivity contribution in [1.82, 2.24) is 5.43 Å². The van der Waals surface area contributed by atoms with Gasteiger partial charge in [-0.15, -0.1) is 0 Å². The summed E-state index contributed by atoms with van der Waals surface area (Å²) >= 11 is 0. The molecule has 0 saturated heterocycles. The molecule has 0 aliphatic heterocycles. The van der Waals surface area contributed by atoms with Gasteiger partial charge in [0.15, 0.2) is 0 Å². The van der Waals surface area contributed by atoms with Crippen LogP contribution in [0.3, 0.4) is 0 Å². The first-order valence-electron chi connectivity index (χ1n) is 6.91. The van der Waals surface area contributed by atoms with E-state index in [1.54, 1.807) is 24.3 Å². The Morgan fingerprint density at radius 3 is 2.43 bits per heavy atom. The summed E-state index contributed by atoms with van der Waals surface area (Å²) in [5.74, 6) is -0.875. The lowest BCUT2D eigenvalue weighted by Crippen LogP contribution is -2.16. The number of aromatic hydroxyl groups is 1. The summed E-state index contributed by atoms with van der Waals surface area (Å²) in [7, 11) is 0. The second-order valence-electron chi connectivity index (χ2n) is 4.66. The van der Waals surface area contributed by atoms with Crippen molar-refractivity contribution in [3.8, 4) is 5.75 Å². The third-order valence-corrected chi connectivity index (χ3v) is 2.87. The summed E-state index contributed by atoms with van der Waals surface area (Å²) in [6.07, 6.45) is 4.90. The number of rotatable bonds is 9. The number of carboxylic acid groups (broad SMARTS) is 1. The molecule has 1 aromatic rings. The number of phenolic OH excluding ortho intramolecular Hbond substituents is 1. The van der Waals surface area contributed by atoms with Gasteiger partial charge in [0.1, 0.15) is 5.75 Å². The van der Waals surface area contributed by atoms with Crippen molar-refractivity contribution in [3.05, 3.63) is 29.8 Å². The van der Waals surface area contributed by atoms with Crippen LogP contribution in [0.15, 0.2) is 29.4 Å². The molecular weight excluding hydrogens is 272 g/mol. The molecule has 0 saturated carbocycles. The molecule has 0 atom stereocenters. The third kappa shape index (κ3) is 7.71. The smallest absolute Gasteiger partial charge is 0.303 e. The molecule has 1 aromatic carbocycles. The molecule has 1 rings (SSSR count). The summed E-state index contributed by atoms with van der Waals surface area (Å²) < 4.78 is 0. The first kappa shape index (κ1) is 16.7. The first-order valence-corrected chi connectivity index (χ1v) is 6.91. The maximum Gasteiger partial charge on any atom is 0.303 e. The van der Waals surface area contributed by atoms with E-state index in [1.807, 2.05) is 0 Å². The number of hydrogen-bond acceptors (Lipinski definition) is 4. The summed E-state index contributed by atoms with van der Waals surface area (Å²) in [4.78, 5) is 21.8. The van der Waals surface area contributed by atoms with Gasteiger partial charge in [-0.1, -0.05) is 25.0 Å². The monoisotopic (exact) mass is 292 g/mol. The minimum Gasteiger partial charge on any atom is -0.507 e. The van der Waals surface area contributed by atoms with Gasteiger partial charge < -0.3 is 10.2 Å². The van der Waals surface area contributed by atoms with Crippen LogP contribution in [-0.2, 0) is 9.59 Å². The van der Waals surface area contributed by atoms with Crippen molar-refractivity contribution in [2.45, 2.75) is 38.5 Å². The van der Waals surface area contributed by atoms with Crippen molar-refractivity contribution in [3.63, 3.8) is 0 Å². The molecule has 0 aromatic heterocycles. The summed E-state index contributed by atoms with van der Waals surface area (Å²) in [6.45, 7) is 0. The Bertz CT molecular complexity index is 500. The van der Waals surface area contributed by atoms with Gasteiger partial charge in [-0.3, -0.25) is 9.59 Å². The lowest BCUT2D eigenvalue weighted by Gasteiger charge is -2.01. The highest BCUT2D eigenvalue weighted by Gasteiger charge is 2.01. The molecule has 114 valence electrons. The molecule has 0 fully saturated rings. The van der Waals surface area contributed by atoms with Crippen LogP contribution < -0.4 is 5.43 Å². The van der Waals surface area contributed by atoms with E-state index in [-0.39, 0.29) is 18.1 Å². The highest BCUT2D eigenvalue weighted by atomic mass is 16.4. The summed E-state index contributed by atoms with van der Waals surface area (Å²) in [5, 5.41) is 21.7. The van der Waals surface area contributed by atoms with Crippen LogP contribution in [0.25, 0.3) is 0 Å². The van der Waals surface area contributed by atoms with Crippen molar-refractivity contribution in [2.75, 3.05) is 0 Å². The lowest BCUT2D eigenvalue weighted by atomic mass is 10.1. The number of benzene rings is 1. The van der Waals surface area contributed by atoms with Crippen molar-refractivity contribution in [1.29, 1.82) is 0 Å². The molecule has 0 bridgehead atoms. The van der Waals surface area contributed by atoms with Gasteiger partial charge in [0.05, 0.1) is 6.21 Å². The lowest BCUT2D eigenvalue weighted by molar-refractivity contribution is -0.137. The van der Waals surface area contributed by atoms with Crippen LogP contribution in [0.2, 0.25) is 0 Å². The number of hydrogen-bond donors (Lipinski definition) is 3. The minimum absolute atomic E-state index is 0.105. The quantitative estimate of drug-likeness (QED) is 0.369. The van der Waals surface area contributed by atoms with E-state index in [1.165, 1.54) is 6.21 Å². The third-order valence-electron chi connectivity index (χ3n) is 2.87. The Kier molecular flexibility index (Phi) is 7.56. The molecule has 0 unspecified atom stereocenters. The van der Waals surface area contributed by atoms with Crippen molar-refractivity contribution < 1.29 is 19.8 Å². The van der Waals surface area contributed by atoms with E-state index in [2.05, 4.69) is 10.5 Å². The Morgan fingerprint density at radius 2 is 1.76 bits per heavy atom. The van der Waals surface area contributed by atoms with Crippen LogP contribution in [0.4, 0.5) is 0 Å². The standard InChI is InChI=1S/C15H20N2O4/c18-13-8-6-5-7-12(13)11-16-17-14(19)9-3-1-2-4-10-15(20)21/h5-8,11,18H,1-4,9-10H2,(H,17,19)(H,20,21)/b16-11+. The normalized spacial score (nSPS) is 10.7. The topological polar surface area (TPSA) is 99.0 Å². The number of amides is 1. The van der Waals surface area contributed by atoms with Crippen molar-refractivity contribution >= 4 is 18.1 Å². The average Bonchev–Trinajstić information content (AvgIpc) is 2.44.